The fourth-order valence-electron chi connectivity index (χ4n) is 4.90. The topological polar surface area (TPSA) is 88.5 Å². The molecule has 1 unspecified atom stereocenters. The van der Waals surface area contributed by atoms with E-state index in [0.29, 0.717) is 10.7 Å². The van der Waals surface area contributed by atoms with Crippen LogP contribution in [-0.4, -0.2) is 35.2 Å². The molecule has 1 amide bonds. The summed E-state index contributed by atoms with van der Waals surface area (Å²) >= 11 is 14.2. The Bertz CT molecular complexity index is 1430. The lowest BCUT2D eigenvalue weighted by molar-refractivity contribution is -0.132. The largest absolute Gasteiger partial charge is 0.478 e. The van der Waals surface area contributed by atoms with Gasteiger partial charge in [-0.15, -0.1) is 11.3 Å². The number of anilines is 1. The number of carboxylic acid groups (broad SMARTS) is 1. The highest BCUT2D eigenvalue weighted by molar-refractivity contribution is 7.16. The molecule has 4 rings (SSSR count). The van der Waals surface area contributed by atoms with Crippen LogP contribution in [-0.2, 0) is 28.8 Å². The Kier molecular flexibility index (Phi) is 8.86. The Morgan fingerprint density at radius 1 is 1.21 bits per heavy atom. The first kappa shape index (κ1) is 29.3. The van der Waals surface area contributed by atoms with E-state index in [4.69, 9.17) is 38.0 Å². The first-order valence-electron chi connectivity index (χ1n) is 12.7. The van der Waals surface area contributed by atoms with Gasteiger partial charge >= 0.3 is 5.97 Å². The molecular formula is C30H32Cl2N2O4S. The monoisotopic (exact) mass is 586 g/mol. The number of rotatable bonds is 8. The molecule has 0 spiro atoms. The Balaban J connectivity index is 1.54. The molecule has 0 fully saturated rings. The van der Waals surface area contributed by atoms with Crippen molar-refractivity contribution >= 4 is 57.6 Å². The van der Waals surface area contributed by atoms with Crippen LogP contribution < -0.4 is 5.32 Å². The predicted octanol–water partition coefficient (Wildman–Crippen LogP) is 7.95. The summed E-state index contributed by atoms with van der Waals surface area (Å²) in [5.41, 5.74) is 5.44. The molecule has 2 aromatic carbocycles. The SMILES string of the molecule is COC(CCc1cccc2c1CCc1sc(NC(=O)c3cc(Cl)c(/C=C(\C)C(=O)O)c(Cl)c3)nc1-2)C(C)(C)C. The Hall–Kier alpha value is -2.71. The first-order valence-corrected chi connectivity index (χ1v) is 14.3. The summed E-state index contributed by atoms with van der Waals surface area (Å²) in [5.74, 6) is -1.47. The quantitative estimate of drug-likeness (QED) is 0.261. The summed E-state index contributed by atoms with van der Waals surface area (Å²) in [4.78, 5) is 30.1. The molecule has 39 heavy (non-hydrogen) atoms. The Morgan fingerprint density at radius 3 is 2.51 bits per heavy atom. The molecule has 0 aliphatic heterocycles. The molecular weight excluding hydrogens is 555 g/mol. The van der Waals surface area contributed by atoms with Crippen LogP contribution in [0.3, 0.4) is 0 Å². The van der Waals surface area contributed by atoms with Crippen LogP contribution in [0.1, 0.15) is 66.0 Å². The summed E-state index contributed by atoms with van der Waals surface area (Å²) in [6, 6.07) is 9.32. The third kappa shape index (κ3) is 6.55. The average molecular weight is 588 g/mol. The normalized spacial score (nSPS) is 14.0. The predicted molar refractivity (Wildman–Crippen MR) is 159 cm³/mol. The van der Waals surface area contributed by atoms with Gasteiger partial charge in [0, 0.05) is 34.3 Å². The van der Waals surface area contributed by atoms with Gasteiger partial charge in [0.05, 0.1) is 21.8 Å². The van der Waals surface area contributed by atoms with Crippen molar-refractivity contribution in [1.29, 1.82) is 0 Å². The van der Waals surface area contributed by atoms with Gasteiger partial charge in [-0.1, -0.05) is 62.2 Å². The lowest BCUT2D eigenvalue weighted by atomic mass is 9.83. The number of amides is 1. The number of methoxy groups -OCH3 is 1. The number of carbonyl (C=O) groups excluding carboxylic acids is 1. The van der Waals surface area contributed by atoms with Gasteiger partial charge in [-0.25, -0.2) is 9.78 Å². The van der Waals surface area contributed by atoms with Crippen LogP contribution in [0.15, 0.2) is 35.9 Å². The second kappa shape index (κ2) is 11.8. The van der Waals surface area contributed by atoms with E-state index in [1.807, 2.05) is 0 Å². The van der Waals surface area contributed by atoms with E-state index in [-0.39, 0.29) is 32.7 Å². The average Bonchev–Trinajstić information content (AvgIpc) is 3.28. The minimum atomic E-state index is -1.07. The lowest BCUT2D eigenvalue weighted by Crippen LogP contribution is -2.28. The number of aliphatic carboxylic acids is 1. The number of aryl methyl sites for hydroxylation is 2. The Labute approximate surface area is 243 Å². The highest BCUT2D eigenvalue weighted by Gasteiger charge is 2.27. The zero-order valence-electron chi connectivity index (χ0n) is 22.7. The van der Waals surface area contributed by atoms with Crippen molar-refractivity contribution < 1.29 is 19.4 Å². The maximum absolute atomic E-state index is 13.0. The summed E-state index contributed by atoms with van der Waals surface area (Å²) in [7, 11) is 1.78. The van der Waals surface area contributed by atoms with Gasteiger partial charge < -0.3 is 9.84 Å². The maximum Gasteiger partial charge on any atom is 0.331 e. The van der Waals surface area contributed by atoms with Crippen molar-refractivity contribution in [2.24, 2.45) is 5.41 Å². The van der Waals surface area contributed by atoms with E-state index in [0.717, 1.165) is 41.8 Å². The molecule has 1 heterocycles. The molecule has 1 aliphatic carbocycles. The molecule has 1 atom stereocenters. The van der Waals surface area contributed by atoms with Crippen LogP contribution in [0.2, 0.25) is 10.0 Å². The number of hydrogen-bond acceptors (Lipinski definition) is 5. The number of thiazole rings is 1. The fourth-order valence-corrected chi connectivity index (χ4v) is 6.47. The summed E-state index contributed by atoms with van der Waals surface area (Å²) in [6.45, 7) is 8.05. The third-order valence-electron chi connectivity index (χ3n) is 7.01. The zero-order chi connectivity index (χ0) is 28.5. The molecule has 206 valence electrons. The number of nitrogens with one attached hydrogen (secondary N) is 1. The molecule has 1 aromatic heterocycles. The third-order valence-corrected chi connectivity index (χ3v) is 8.67. The molecule has 6 nitrogen and oxygen atoms in total. The van der Waals surface area contributed by atoms with Gasteiger partial charge in [-0.3, -0.25) is 10.1 Å². The van der Waals surface area contributed by atoms with Gasteiger partial charge in [0.25, 0.3) is 5.91 Å². The Morgan fingerprint density at radius 2 is 1.90 bits per heavy atom. The minimum Gasteiger partial charge on any atom is -0.478 e. The minimum absolute atomic E-state index is 0.0711. The molecule has 1 aliphatic rings. The number of nitrogens with zero attached hydrogens (tertiary/aromatic N) is 1. The number of carbonyl (C=O) groups is 2. The molecule has 0 bridgehead atoms. The standard InChI is InChI=1S/C30H32Cl2N2O4S/c1-16(28(36)37)13-21-22(31)14-18(15-23(21)32)27(35)34-29-33-26-20-8-6-7-17(19(20)10-11-24(26)39-29)9-12-25(38-5)30(2,3)4/h6-8,13-15,25H,9-12H2,1-5H3,(H,36,37)(H,33,34,35)/b16-13+. The highest BCUT2D eigenvalue weighted by atomic mass is 35.5. The van der Waals surface area contributed by atoms with E-state index in [1.165, 1.54) is 47.6 Å². The second-order valence-corrected chi connectivity index (χ2v) is 12.7. The first-order chi connectivity index (χ1) is 18.4. The van der Waals surface area contributed by atoms with Crippen molar-refractivity contribution in [3.63, 3.8) is 0 Å². The smallest absolute Gasteiger partial charge is 0.331 e. The van der Waals surface area contributed by atoms with Crippen molar-refractivity contribution in [2.45, 2.75) is 59.5 Å². The van der Waals surface area contributed by atoms with Crippen LogP contribution in [0.25, 0.3) is 17.3 Å². The van der Waals surface area contributed by atoms with Crippen LogP contribution >= 0.6 is 34.5 Å². The van der Waals surface area contributed by atoms with Gasteiger partial charge in [-0.05, 0) is 67.4 Å². The van der Waals surface area contributed by atoms with Crippen LogP contribution in [0.4, 0.5) is 5.13 Å². The lowest BCUT2D eigenvalue weighted by Gasteiger charge is -2.30. The van der Waals surface area contributed by atoms with E-state index in [9.17, 15) is 9.59 Å². The number of hydrogen-bond donors (Lipinski definition) is 2. The van der Waals surface area contributed by atoms with E-state index in [1.54, 1.807) is 7.11 Å². The second-order valence-electron chi connectivity index (χ2n) is 10.8. The number of aromatic nitrogens is 1. The molecule has 0 radical (unpaired) electrons. The molecule has 0 saturated carbocycles. The number of benzene rings is 2. The van der Waals surface area contributed by atoms with Crippen molar-refractivity contribution in [2.75, 3.05) is 12.4 Å². The van der Waals surface area contributed by atoms with Gasteiger partial charge in [-0.2, -0.15) is 0 Å². The van der Waals surface area contributed by atoms with E-state index >= 15 is 0 Å². The number of ether oxygens (including phenoxy) is 1. The molecule has 3 aromatic rings. The zero-order valence-corrected chi connectivity index (χ0v) is 25.0. The van der Waals surface area contributed by atoms with Gasteiger partial charge in [0.15, 0.2) is 5.13 Å². The summed E-state index contributed by atoms with van der Waals surface area (Å²) in [6.07, 6.45) is 5.21. The van der Waals surface area contributed by atoms with E-state index in [2.05, 4.69) is 44.3 Å². The number of carboxylic acids is 1. The summed E-state index contributed by atoms with van der Waals surface area (Å²) < 4.78 is 5.77. The maximum atomic E-state index is 13.0. The molecule has 2 N–H and O–H groups in total. The van der Waals surface area contributed by atoms with Gasteiger partial charge in [0.1, 0.15) is 0 Å². The van der Waals surface area contributed by atoms with E-state index < -0.39 is 11.9 Å². The van der Waals surface area contributed by atoms with Crippen LogP contribution in [0.5, 0.6) is 0 Å². The number of fused-ring (bicyclic) bond motifs is 3. The van der Waals surface area contributed by atoms with Crippen molar-refractivity contribution in [3.05, 3.63) is 73.1 Å². The molecule has 0 saturated heterocycles. The molecule has 9 heteroatoms. The van der Waals surface area contributed by atoms with Crippen molar-refractivity contribution in [1.82, 2.24) is 4.98 Å². The van der Waals surface area contributed by atoms with Crippen LogP contribution in [0, 0.1) is 5.41 Å². The summed E-state index contributed by atoms with van der Waals surface area (Å²) in [5, 5.41) is 12.9. The van der Waals surface area contributed by atoms with Crippen molar-refractivity contribution in [3.8, 4) is 11.3 Å². The number of halogens is 2. The fraction of sp³-hybridized carbons (Fsp3) is 0.367. The van der Waals surface area contributed by atoms with Gasteiger partial charge in [0.2, 0.25) is 0 Å². The highest BCUT2D eigenvalue weighted by Crippen LogP contribution is 2.40.